The van der Waals surface area contributed by atoms with Crippen LogP contribution in [0.15, 0.2) is 40.9 Å². The highest BCUT2D eigenvalue weighted by Gasteiger charge is 2.40. The molecule has 1 atom stereocenters. The molecule has 0 aliphatic carbocycles. The number of ether oxygens (including phenoxy) is 5. The minimum absolute atomic E-state index is 0.0782. The van der Waals surface area contributed by atoms with Crippen LogP contribution in [0.4, 0.5) is 5.69 Å². The molecule has 2 aliphatic heterocycles. The van der Waals surface area contributed by atoms with Gasteiger partial charge in [0.25, 0.3) is 0 Å². The Morgan fingerprint density at radius 3 is 2.23 bits per heavy atom. The number of rotatable bonds is 7. The Hall–Kier alpha value is -3.71. The molecule has 35 heavy (non-hydrogen) atoms. The van der Waals surface area contributed by atoms with Gasteiger partial charge in [0.15, 0.2) is 11.5 Å². The van der Waals surface area contributed by atoms with E-state index in [0.29, 0.717) is 57.5 Å². The van der Waals surface area contributed by atoms with E-state index in [2.05, 4.69) is 6.07 Å². The fourth-order valence-corrected chi connectivity index (χ4v) is 5.51. The van der Waals surface area contributed by atoms with Gasteiger partial charge in [0.1, 0.15) is 17.2 Å². The SMILES string of the molecule is COc1ccc(N2CSC3=C(C#N)[C@H](c4cc(OC)c(OC)cc4OC)CC(=O)N3C2)c(OC)c1. The van der Waals surface area contributed by atoms with Gasteiger partial charge in [0.2, 0.25) is 5.91 Å². The number of anilines is 1. The zero-order valence-electron chi connectivity index (χ0n) is 20.3. The second-order valence-electron chi connectivity index (χ2n) is 7.85. The molecule has 10 heteroatoms. The highest BCUT2D eigenvalue weighted by atomic mass is 32.2. The van der Waals surface area contributed by atoms with E-state index in [9.17, 15) is 10.1 Å². The molecule has 0 aromatic heterocycles. The molecule has 4 rings (SSSR count). The molecule has 2 aromatic carbocycles. The first-order valence-electron chi connectivity index (χ1n) is 10.8. The third-order valence-corrected chi connectivity index (χ3v) is 7.29. The van der Waals surface area contributed by atoms with Crippen molar-refractivity contribution in [1.29, 1.82) is 5.26 Å². The number of nitrogens with zero attached hydrogens (tertiary/aromatic N) is 3. The summed E-state index contributed by atoms with van der Waals surface area (Å²) >= 11 is 1.45. The molecule has 0 unspecified atom stereocenters. The van der Waals surface area contributed by atoms with Gasteiger partial charge in [-0.2, -0.15) is 5.26 Å². The van der Waals surface area contributed by atoms with Crippen LogP contribution in [0.1, 0.15) is 17.9 Å². The Morgan fingerprint density at radius 1 is 0.914 bits per heavy atom. The largest absolute Gasteiger partial charge is 0.497 e. The highest BCUT2D eigenvalue weighted by molar-refractivity contribution is 8.03. The van der Waals surface area contributed by atoms with Crippen LogP contribution in [-0.4, -0.2) is 58.9 Å². The zero-order valence-corrected chi connectivity index (χ0v) is 21.1. The quantitative estimate of drug-likeness (QED) is 0.564. The lowest BCUT2D eigenvalue weighted by molar-refractivity contribution is -0.129. The number of carbonyl (C=O) groups is 1. The summed E-state index contributed by atoms with van der Waals surface area (Å²) in [7, 11) is 7.84. The third kappa shape index (κ3) is 4.39. The van der Waals surface area contributed by atoms with Gasteiger partial charge in [-0.25, -0.2) is 0 Å². The molecule has 1 saturated heterocycles. The van der Waals surface area contributed by atoms with Crippen molar-refractivity contribution in [3.05, 3.63) is 46.5 Å². The van der Waals surface area contributed by atoms with E-state index in [1.165, 1.54) is 11.8 Å². The standard InChI is InChI=1S/C25H27N3O6S/c1-30-15-6-7-19(21(8-15)32-3)27-13-28-24(29)10-16(18(12-26)25(28)35-14-27)17-9-22(33-4)23(34-5)11-20(17)31-2/h6-9,11,16H,10,13-14H2,1-5H3/t16-/m0/s1. The summed E-state index contributed by atoms with van der Waals surface area (Å²) in [5.41, 5.74) is 2.08. The lowest BCUT2D eigenvalue weighted by atomic mass is 9.85. The third-order valence-electron chi connectivity index (χ3n) is 6.13. The fourth-order valence-electron chi connectivity index (χ4n) is 4.35. The van der Waals surface area contributed by atoms with Crippen molar-refractivity contribution in [2.75, 3.05) is 53.0 Å². The Morgan fingerprint density at radius 2 is 1.60 bits per heavy atom. The van der Waals surface area contributed by atoms with Gasteiger partial charge in [-0.3, -0.25) is 9.69 Å². The van der Waals surface area contributed by atoms with E-state index in [1.807, 2.05) is 23.1 Å². The van der Waals surface area contributed by atoms with Crippen molar-refractivity contribution in [2.45, 2.75) is 12.3 Å². The Bertz CT molecular complexity index is 1210. The monoisotopic (exact) mass is 497 g/mol. The smallest absolute Gasteiger partial charge is 0.229 e. The molecule has 1 fully saturated rings. The molecule has 2 aliphatic rings. The first kappa shape index (κ1) is 24.4. The molecule has 1 amide bonds. The molecule has 184 valence electrons. The lowest BCUT2D eigenvalue weighted by Gasteiger charge is -2.42. The van der Waals surface area contributed by atoms with Crippen LogP contribution >= 0.6 is 11.8 Å². The minimum atomic E-state index is -0.455. The summed E-state index contributed by atoms with van der Waals surface area (Å²) in [6.45, 7) is 0.310. The van der Waals surface area contributed by atoms with Crippen LogP contribution in [0.25, 0.3) is 0 Å². The minimum Gasteiger partial charge on any atom is -0.497 e. The number of benzene rings is 2. The number of methoxy groups -OCH3 is 5. The summed E-state index contributed by atoms with van der Waals surface area (Å²) < 4.78 is 27.3. The Balaban J connectivity index is 1.71. The Labute approximate surface area is 208 Å². The maximum atomic E-state index is 13.4. The van der Waals surface area contributed by atoms with Crippen molar-refractivity contribution in [1.82, 2.24) is 4.90 Å². The first-order valence-corrected chi connectivity index (χ1v) is 11.8. The van der Waals surface area contributed by atoms with E-state index < -0.39 is 5.92 Å². The Kier molecular flexibility index (Phi) is 7.17. The number of thioether (sulfide) groups is 1. The van der Waals surface area contributed by atoms with E-state index in [0.717, 1.165) is 5.69 Å². The average Bonchev–Trinajstić information content (AvgIpc) is 2.91. The predicted octanol–water partition coefficient (Wildman–Crippen LogP) is 3.95. The molecule has 2 heterocycles. The number of nitriles is 1. The van der Waals surface area contributed by atoms with Crippen molar-refractivity contribution in [2.24, 2.45) is 0 Å². The molecule has 0 N–H and O–H groups in total. The van der Waals surface area contributed by atoms with Gasteiger partial charge in [0, 0.05) is 30.0 Å². The molecule has 0 radical (unpaired) electrons. The van der Waals surface area contributed by atoms with Crippen LogP contribution in [0.2, 0.25) is 0 Å². The van der Waals surface area contributed by atoms with E-state index in [-0.39, 0.29) is 12.3 Å². The van der Waals surface area contributed by atoms with Gasteiger partial charge in [-0.15, -0.1) is 0 Å². The molecule has 2 aromatic rings. The maximum absolute atomic E-state index is 13.4. The summed E-state index contributed by atoms with van der Waals surface area (Å²) in [6.07, 6.45) is 0.131. The molecule has 0 bridgehead atoms. The van der Waals surface area contributed by atoms with Crippen LogP contribution in [-0.2, 0) is 4.79 Å². The van der Waals surface area contributed by atoms with Gasteiger partial charge in [0.05, 0.1) is 70.5 Å². The predicted molar refractivity (Wildman–Crippen MR) is 132 cm³/mol. The van der Waals surface area contributed by atoms with Gasteiger partial charge < -0.3 is 28.6 Å². The molecular weight excluding hydrogens is 470 g/mol. The molecule has 0 spiro atoms. The number of allylic oxidation sites excluding steroid dienone is 1. The molecular formula is C25H27N3O6S. The van der Waals surface area contributed by atoms with Gasteiger partial charge >= 0.3 is 0 Å². The number of hydrogen-bond donors (Lipinski definition) is 0. The van der Waals surface area contributed by atoms with E-state index >= 15 is 0 Å². The summed E-state index contributed by atoms with van der Waals surface area (Å²) in [5, 5.41) is 10.8. The fraction of sp³-hybridized carbons (Fsp3) is 0.360. The summed E-state index contributed by atoms with van der Waals surface area (Å²) in [4.78, 5) is 17.1. The lowest BCUT2D eigenvalue weighted by Crippen LogP contribution is -2.47. The summed E-state index contributed by atoms with van der Waals surface area (Å²) in [5.74, 6) is 2.90. The second kappa shape index (κ2) is 10.3. The van der Waals surface area contributed by atoms with E-state index in [1.54, 1.807) is 52.6 Å². The first-order chi connectivity index (χ1) is 17.0. The van der Waals surface area contributed by atoms with Crippen molar-refractivity contribution >= 4 is 23.4 Å². The van der Waals surface area contributed by atoms with E-state index in [4.69, 9.17) is 23.7 Å². The van der Waals surface area contributed by atoms with Crippen LogP contribution < -0.4 is 28.6 Å². The van der Waals surface area contributed by atoms with Crippen LogP contribution in [0.3, 0.4) is 0 Å². The average molecular weight is 498 g/mol. The maximum Gasteiger partial charge on any atom is 0.229 e. The number of amides is 1. The molecule has 0 saturated carbocycles. The second-order valence-corrected chi connectivity index (χ2v) is 8.78. The zero-order chi connectivity index (χ0) is 25.1. The topological polar surface area (TPSA) is 93.5 Å². The van der Waals surface area contributed by atoms with Crippen molar-refractivity contribution < 1.29 is 28.5 Å². The van der Waals surface area contributed by atoms with Crippen LogP contribution in [0, 0.1) is 11.3 Å². The van der Waals surface area contributed by atoms with Crippen molar-refractivity contribution in [3.8, 4) is 34.8 Å². The number of hydrogen-bond acceptors (Lipinski definition) is 9. The normalized spacial score (nSPS) is 17.5. The van der Waals surface area contributed by atoms with Crippen LogP contribution in [0.5, 0.6) is 28.7 Å². The highest BCUT2D eigenvalue weighted by Crippen LogP contribution is 2.48. The van der Waals surface area contributed by atoms with Gasteiger partial charge in [-0.05, 0) is 18.2 Å². The molecule has 9 nitrogen and oxygen atoms in total. The summed E-state index contributed by atoms with van der Waals surface area (Å²) in [6, 6.07) is 11.4. The van der Waals surface area contributed by atoms with Crippen molar-refractivity contribution in [3.63, 3.8) is 0 Å². The van der Waals surface area contributed by atoms with Gasteiger partial charge in [-0.1, -0.05) is 11.8 Å². The number of fused-ring (bicyclic) bond motifs is 1. The number of carbonyl (C=O) groups excluding carboxylic acids is 1.